The average Bonchev–Trinajstić information content (AvgIpc) is 3.40. The molecule has 0 amide bonds. The molecule has 0 spiro atoms. The van der Waals surface area contributed by atoms with Crippen LogP contribution in [0, 0.1) is 11.6 Å². The molecule has 5 aromatic rings. The minimum Gasteiger partial charge on any atom is -0.344 e. The Hall–Kier alpha value is -3.43. The number of fused-ring (bicyclic) bond motifs is 2. The molecule has 33 heavy (non-hydrogen) atoms. The van der Waals surface area contributed by atoms with E-state index in [9.17, 15) is 8.78 Å². The zero-order valence-electron chi connectivity index (χ0n) is 17.7. The average molecular weight is 463 g/mol. The van der Waals surface area contributed by atoms with Gasteiger partial charge in [0.25, 0.3) is 0 Å². The molecule has 166 valence electrons. The third-order valence-electron chi connectivity index (χ3n) is 5.96. The van der Waals surface area contributed by atoms with E-state index in [-0.39, 0.29) is 11.6 Å². The number of piperazine rings is 1. The number of hydrogen-bond donors (Lipinski definition) is 0. The van der Waals surface area contributed by atoms with Gasteiger partial charge in [0.2, 0.25) is 10.1 Å². The summed E-state index contributed by atoms with van der Waals surface area (Å²) in [6, 6.07) is 13.2. The summed E-state index contributed by atoms with van der Waals surface area (Å²) in [6.07, 6.45) is 3.63. The van der Waals surface area contributed by atoms with Crippen LogP contribution in [-0.2, 0) is 6.54 Å². The Balaban J connectivity index is 1.14. The summed E-state index contributed by atoms with van der Waals surface area (Å²) in [5.74, 6) is -0.489. The van der Waals surface area contributed by atoms with Gasteiger partial charge in [0, 0.05) is 49.9 Å². The SMILES string of the molecule is Fc1ccc(-c2cn3nc(N4CCN(Cc5cc(F)cc6cccnc56)CC4)sc3n2)cc1. The number of pyridine rings is 1. The Kier molecular flexibility index (Phi) is 5.00. The summed E-state index contributed by atoms with van der Waals surface area (Å²) in [6.45, 7) is 4.05. The summed E-state index contributed by atoms with van der Waals surface area (Å²) in [5.41, 5.74) is 3.42. The summed E-state index contributed by atoms with van der Waals surface area (Å²) < 4.78 is 29.0. The van der Waals surface area contributed by atoms with E-state index in [2.05, 4.69) is 19.8 Å². The fourth-order valence-electron chi connectivity index (χ4n) is 4.26. The van der Waals surface area contributed by atoms with Gasteiger partial charge in [-0.3, -0.25) is 9.88 Å². The van der Waals surface area contributed by atoms with Gasteiger partial charge in [-0.1, -0.05) is 17.4 Å². The van der Waals surface area contributed by atoms with Gasteiger partial charge in [0.1, 0.15) is 11.6 Å². The van der Waals surface area contributed by atoms with Crippen LogP contribution in [0.3, 0.4) is 0 Å². The lowest BCUT2D eigenvalue weighted by Crippen LogP contribution is -2.46. The first-order valence-electron chi connectivity index (χ1n) is 10.7. The second-order valence-electron chi connectivity index (χ2n) is 8.15. The molecule has 1 saturated heterocycles. The molecule has 0 bridgehead atoms. The quantitative estimate of drug-likeness (QED) is 0.391. The van der Waals surface area contributed by atoms with Crippen molar-refractivity contribution in [3.63, 3.8) is 0 Å². The third kappa shape index (κ3) is 3.94. The van der Waals surface area contributed by atoms with Gasteiger partial charge >= 0.3 is 0 Å². The molecule has 0 saturated carbocycles. The lowest BCUT2D eigenvalue weighted by Gasteiger charge is -2.34. The van der Waals surface area contributed by atoms with Crippen molar-refractivity contribution in [1.82, 2.24) is 24.5 Å². The number of anilines is 1. The molecule has 4 heterocycles. The van der Waals surface area contributed by atoms with Gasteiger partial charge in [-0.25, -0.2) is 18.3 Å². The molecular formula is C24H20F2N6S. The third-order valence-corrected chi connectivity index (χ3v) is 6.94. The zero-order valence-corrected chi connectivity index (χ0v) is 18.5. The van der Waals surface area contributed by atoms with Gasteiger partial charge in [-0.15, -0.1) is 5.10 Å². The highest BCUT2D eigenvalue weighted by molar-refractivity contribution is 7.20. The normalized spacial score (nSPS) is 15.0. The van der Waals surface area contributed by atoms with Crippen molar-refractivity contribution in [2.24, 2.45) is 0 Å². The molecule has 0 radical (unpaired) electrons. The standard InChI is InChI=1S/C24H20F2N6S/c25-19-5-3-16(4-6-19)21-15-32-23(28-21)33-24(29-32)31-10-8-30(9-11-31)14-18-13-20(26)12-17-2-1-7-27-22(17)18/h1-7,12-13,15H,8-11,14H2. The lowest BCUT2D eigenvalue weighted by atomic mass is 10.1. The fraction of sp³-hybridized carbons (Fsp3) is 0.208. The predicted octanol–water partition coefficient (Wildman–Crippen LogP) is 4.61. The minimum atomic E-state index is -0.263. The van der Waals surface area contributed by atoms with Crippen LogP contribution in [0.1, 0.15) is 5.56 Å². The lowest BCUT2D eigenvalue weighted by molar-refractivity contribution is 0.250. The molecule has 3 aromatic heterocycles. The molecular weight excluding hydrogens is 442 g/mol. The van der Waals surface area contributed by atoms with Crippen LogP contribution in [0.4, 0.5) is 13.9 Å². The number of rotatable bonds is 4. The number of aromatic nitrogens is 4. The van der Waals surface area contributed by atoms with Crippen molar-refractivity contribution in [2.45, 2.75) is 6.54 Å². The first-order chi connectivity index (χ1) is 16.1. The highest BCUT2D eigenvalue weighted by atomic mass is 32.1. The maximum Gasteiger partial charge on any atom is 0.214 e. The van der Waals surface area contributed by atoms with Crippen molar-refractivity contribution >= 4 is 32.3 Å². The highest BCUT2D eigenvalue weighted by Crippen LogP contribution is 2.28. The maximum absolute atomic E-state index is 14.1. The smallest absolute Gasteiger partial charge is 0.214 e. The first kappa shape index (κ1) is 20.2. The summed E-state index contributed by atoms with van der Waals surface area (Å²) >= 11 is 1.55. The van der Waals surface area contributed by atoms with Crippen LogP contribution in [0.15, 0.2) is 60.9 Å². The first-order valence-corrected chi connectivity index (χ1v) is 11.6. The van der Waals surface area contributed by atoms with Crippen molar-refractivity contribution in [3.8, 4) is 11.3 Å². The Labute approximate surface area is 192 Å². The van der Waals surface area contributed by atoms with Crippen LogP contribution < -0.4 is 4.90 Å². The van der Waals surface area contributed by atoms with Gasteiger partial charge in [0.15, 0.2) is 0 Å². The Morgan fingerprint density at radius 3 is 2.55 bits per heavy atom. The second-order valence-corrected chi connectivity index (χ2v) is 9.08. The molecule has 6 nitrogen and oxygen atoms in total. The molecule has 1 aliphatic heterocycles. The topological polar surface area (TPSA) is 49.6 Å². The molecule has 0 N–H and O–H groups in total. The van der Waals surface area contributed by atoms with Crippen LogP contribution in [0.25, 0.3) is 27.1 Å². The number of imidazole rings is 1. The van der Waals surface area contributed by atoms with Crippen molar-refractivity contribution in [2.75, 3.05) is 31.1 Å². The summed E-state index contributed by atoms with van der Waals surface area (Å²) in [5, 5.41) is 6.47. The Morgan fingerprint density at radius 2 is 1.76 bits per heavy atom. The predicted molar refractivity (Wildman–Crippen MR) is 125 cm³/mol. The highest BCUT2D eigenvalue weighted by Gasteiger charge is 2.22. The van der Waals surface area contributed by atoms with Crippen LogP contribution in [-0.4, -0.2) is 50.7 Å². The molecule has 9 heteroatoms. The summed E-state index contributed by atoms with van der Waals surface area (Å²) in [7, 11) is 0. The van der Waals surface area contributed by atoms with E-state index in [0.29, 0.717) is 6.54 Å². The second kappa shape index (κ2) is 8.17. The van der Waals surface area contributed by atoms with E-state index in [0.717, 1.165) is 64.0 Å². The van der Waals surface area contributed by atoms with Gasteiger partial charge in [-0.2, -0.15) is 0 Å². The van der Waals surface area contributed by atoms with Crippen molar-refractivity contribution in [1.29, 1.82) is 0 Å². The van der Waals surface area contributed by atoms with E-state index < -0.39 is 0 Å². The van der Waals surface area contributed by atoms with E-state index >= 15 is 0 Å². The number of hydrogen-bond acceptors (Lipinski definition) is 6. The largest absolute Gasteiger partial charge is 0.344 e. The molecule has 0 aliphatic carbocycles. The Morgan fingerprint density at radius 1 is 0.939 bits per heavy atom. The molecule has 1 aliphatic rings. The van der Waals surface area contributed by atoms with Gasteiger partial charge in [-0.05, 0) is 48.0 Å². The monoisotopic (exact) mass is 462 g/mol. The van der Waals surface area contributed by atoms with Crippen molar-refractivity contribution < 1.29 is 8.78 Å². The van der Waals surface area contributed by atoms with E-state index in [1.807, 2.05) is 18.3 Å². The van der Waals surface area contributed by atoms with Gasteiger partial charge in [0.05, 0.1) is 17.4 Å². The minimum absolute atomic E-state index is 0.227. The van der Waals surface area contributed by atoms with Crippen LogP contribution >= 0.6 is 11.3 Å². The zero-order chi connectivity index (χ0) is 22.4. The van der Waals surface area contributed by atoms with E-state index in [1.165, 1.54) is 18.2 Å². The van der Waals surface area contributed by atoms with Crippen LogP contribution in [0.5, 0.6) is 0 Å². The molecule has 0 unspecified atom stereocenters. The molecule has 6 rings (SSSR count). The van der Waals surface area contributed by atoms with Gasteiger partial charge < -0.3 is 4.90 Å². The van der Waals surface area contributed by atoms with E-state index in [1.54, 1.807) is 40.2 Å². The van der Waals surface area contributed by atoms with Crippen LogP contribution in [0.2, 0.25) is 0 Å². The number of benzene rings is 2. The molecule has 1 fully saturated rings. The van der Waals surface area contributed by atoms with E-state index in [4.69, 9.17) is 5.10 Å². The maximum atomic E-state index is 14.1. The summed E-state index contributed by atoms with van der Waals surface area (Å²) in [4.78, 5) is 14.5. The Bertz CT molecular complexity index is 1410. The molecule has 2 aromatic carbocycles. The number of halogens is 2. The van der Waals surface area contributed by atoms with Crippen molar-refractivity contribution in [3.05, 3.63) is 78.1 Å². The fourth-order valence-corrected chi connectivity index (χ4v) is 5.20. The number of nitrogens with zero attached hydrogens (tertiary/aromatic N) is 6. The molecule has 0 atom stereocenters.